The average molecular weight is 397 g/mol. The lowest BCUT2D eigenvalue weighted by atomic mass is 9.47. The summed E-state index contributed by atoms with van der Waals surface area (Å²) in [5.41, 5.74) is 4.57. The molecule has 8 atom stereocenters. The molecule has 5 unspecified atom stereocenters. The van der Waals surface area contributed by atoms with Crippen molar-refractivity contribution in [2.24, 2.45) is 52.3 Å². The van der Waals surface area contributed by atoms with Crippen LogP contribution in [0.5, 0.6) is 0 Å². The molecule has 0 nitrogen and oxygen atoms in total. The van der Waals surface area contributed by atoms with Crippen molar-refractivity contribution < 1.29 is 0 Å². The van der Waals surface area contributed by atoms with Crippen molar-refractivity contribution in [3.05, 3.63) is 23.8 Å². The second-order valence-electron chi connectivity index (χ2n) is 12.7. The number of hydrogen-bond donors (Lipinski definition) is 0. The maximum Gasteiger partial charge on any atom is -0.0143 e. The molecule has 164 valence electrons. The zero-order chi connectivity index (χ0) is 21.0. The van der Waals surface area contributed by atoms with Gasteiger partial charge in [0, 0.05) is 0 Å². The highest BCUT2D eigenvalue weighted by atomic mass is 14.6. The molecule has 0 aromatic rings. The third-order valence-corrected chi connectivity index (χ3v) is 10.8. The van der Waals surface area contributed by atoms with Crippen molar-refractivity contribution in [1.82, 2.24) is 0 Å². The van der Waals surface area contributed by atoms with Gasteiger partial charge >= 0.3 is 0 Å². The van der Waals surface area contributed by atoms with Crippen LogP contribution >= 0.6 is 0 Å². The highest BCUT2D eigenvalue weighted by Crippen LogP contribution is 2.67. The van der Waals surface area contributed by atoms with Crippen molar-refractivity contribution in [2.45, 2.75) is 106 Å². The van der Waals surface area contributed by atoms with Gasteiger partial charge in [-0.2, -0.15) is 0 Å². The van der Waals surface area contributed by atoms with Crippen LogP contribution in [0.2, 0.25) is 0 Å². The van der Waals surface area contributed by atoms with Crippen molar-refractivity contribution in [3.63, 3.8) is 0 Å². The second kappa shape index (κ2) is 7.87. The van der Waals surface area contributed by atoms with Crippen LogP contribution in [0.15, 0.2) is 23.8 Å². The Hall–Kier alpha value is -0.520. The Balaban J connectivity index is 1.50. The first-order chi connectivity index (χ1) is 13.7. The summed E-state index contributed by atoms with van der Waals surface area (Å²) < 4.78 is 0. The van der Waals surface area contributed by atoms with Gasteiger partial charge in [0.1, 0.15) is 0 Å². The fraction of sp³-hybridized carbons (Fsp3) is 0.862. The minimum absolute atomic E-state index is 0.562. The van der Waals surface area contributed by atoms with Crippen LogP contribution in [0.3, 0.4) is 0 Å². The molecule has 0 amide bonds. The fourth-order valence-electron chi connectivity index (χ4n) is 8.61. The summed E-state index contributed by atoms with van der Waals surface area (Å²) in [6, 6.07) is 0. The van der Waals surface area contributed by atoms with Crippen LogP contribution in [0, 0.1) is 52.3 Å². The van der Waals surface area contributed by atoms with Crippen LogP contribution in [-0.2, 0) is 0 Å². The van der Waals surface area contributed by atoms with E-state index in [2.05, 4.69) is 54.2 Å². The number of rotatable bonds is 5. The van der Waals surface area contributed by atoms with E-state index in [0.29, 0.717) is 16.7 Å². The quantitative estimate of drug-likeness (QED) is 0.407. The monoisotopic (exact) mass is 396 g/mol. The Morgan fingerprint density at radius 3 is 2.45 bits per heavy atom. The molecule has 0 heteroatoms. The van der Waals surface area contributed by atoms with Gasteiger partial charge in [-0.15, -0.1) is 0 Å². The Kier molecular flexibility index (Phi) is 5.89. The molecule has 29 heavy (non-hydrogen) atoms. The van der Waals surface area contributed by atoms with Gasteiger partial charge in [-0.25, -0.2) is 0 Å². The maximum atomic E-state index is 4.35. The van der Waals surface area contributed by atoms with Gasteiger partial charge in [-0.3, -0.25) is 0 Å². The van der Waals surface area contributed by atoms with E-state index in [1.54, 1.807) is 0 Å². The molecule has 4 aliphatic carbocycles. The molecule has 0 saturated heterocycles. The van der Waals surface area contributed by atoms with Gasteiger partial charge in [0.05, 0.1) is 0 Å². The zero-order valence-corrected chi connectivity index (χ0v) is 20.4. The topological polar surface area (TPSA) is 0 Å². The smallest absolute Gasteiger partial charge is 0.0143 e. The van der Waals surface area contributed by atoms with Gasteiger partial charge < -0.3 is 0 Å². The average Bonchev–Trinajstić information content (AvgIpc) is 3.03. The Morgan fingerprint density at radius 1 is 1.03 bits per heavy atom. The van der Waals surface area contributed by atoms with Crippen LogP contribution < -0.4 is 0 Å². The van der Waals surface area contributed by atoms with Crippen molar-refractivity contribution in [1.29, 1.82) is 0 Å². The lowest BCUT2D eigenvalue weighted by molar-refractivity contribution is -0.0185. The minimum atomic E-state index is 0.562. The molecule has 0 heterocycles. The molecule has 3 fully saturated rings. The summed E-state index contributed by atoms with van der Waals surface area (Å²) >= 11 is 0. The Labute approximate surface area is 182 Å². The normalized spacial score (nSPS) is 45.2. The van der Waals surface area contributed by atoms with Crippen LogP contribution in [0.1, 0.15) is 106 Å². The van der Waals surface area contributed by atoms with Crippen molar-refractivity contribution >= 4 is 0 Å². The molecular formula is C29H48. The zero-order valence-electron chi connectivity index (χ0n) is 20.4. The molecule has 0 radical (unpaired) electrons. The van der Waals surface area contributed by atoms with Gasteiger partial charge in [0.15, 0.2) is 0 Å². The molecule has 0 bridgehead atoms. The van der Waals surface area contributed by atoms with Gasteiger partial charge in [-0.1, -0.05) is 71.8 Å². The SMILES string of the molecule is C=C(CC[C@@H](C)C1CCC2C3=CCC4C[C@@H](C)CC[C@]4(C)C3CCC21C)C(C)C. The maximum absolute atomic E-state index is 4.35. The number of hydrogen-bond acceptors (Lipinski definition) is 0. The second-order valence-corrected chi connectivity index (χ2v) is 12.7. The fourth-order valence-corrected chi connectivity index (χ4v) is 8.61. The van der Waals surface area contributed by atoms with Gasteiger partial charge in [0.2, 0.25) is 0 Å². The van der Waals surface area contributed by atoms with Crippen LogP contribution in [0.4, 0.5) is 0 Å². The molecule has 0 aliphatic heterocycles. The lowest BCUT2D eigenvalue weighted by Crippen LogP contribution is -2.49. The summed E-state index contributed by atoms with van der Waals surface area (Å²) in [6.45, 7) is 19.4. The third-order valence-electron chi connectivity index (χ3n) is 10.8. The first kappa shape index (κ1) is 21.7. The first-order valence-corrected chi connectivity index (χ1v) is 13.0. The van der Waals surface area contributed by atoms with E-state index < -0.39 is 0 Å². The summed E-state index contributed by atoms with van der Waals surface area (Å²) in [5.74, 6) is 6.12. The molecule has 0 N–H and O–H groups in total. The predicted molar refractivity (Wildman–Crippen MR) is 127 cm³/mol. The van der Waals surface area contributed by atoms with Crippen LogP contribution in [-0.4, -0.2) is 0 Å². The van der Waals surface area contributed by atoms with Crippen molar-refractivity contribution in [3.8, 4) is 0 Å². The highest BCUT2D eigenvalue weighted by molar-refractivity contribution is 5.27. The van der Waals surface area contributed by atoms with E-state index >= 15 is 0 Å². The molecule has 0 spiro atoms. The summed E-state index contributed by atoms with van der Waals surface area (Å²) in [7, 11) is 0. The van der Waals surface area contributed by atoms with E-state index in [9.17, 15) is 0 Å². The predicted octanol–water partition coefficient (Wildman–Crippen LogP) is 8.83. The molecule has 4 rings (SSSR count). The lowest BCUT2D eigenvalue weighted by Gasteiger charge is -2.58. The molecule has 0 aromatic heterocycles. The molecule has 4 aliphatic rings. The highest BCUT2D eigenvalue weighted by Gasteiger charge is 2.57. The largest absolute Gasteiger partial charge is 0.0996 e. The summed E-state index contributed by atoms with van der Waals surface area (Å²) in [4.78, 5) is 0. The Bertz CT molecular complexity index is 653. The molecule has 3 saturated carbocycles. The van der Waals surface area contributed by atoms with E-state index in [-0.39, 0.29) is 0 Å². The summed E-state index contributed by atoms with van der Waals surface area (Å²) in [5, 5.41) is 0. The van der Waals surface area contributed by atoms with E-state index in [1.165, 1.54) is 69.8 Å². The standard InChI is InChI=1S/C29H48/c1-19(2)21(4)8-9-22(5)25-12-13-26-24-11-10-23-18-20(3)14-16-28(23,6)27(24)15-17-29(25,26)7/h11,19-20,22-23,25-27H,4,8-10,12-18H2,1-3,5-7H3/t20-,22+,23?,25?,26?,27?,28-,29?/m0/s1. The Morgan fingerprint density at radius 2 is 1.72 bits per heavy atom. The number of allylic oxidation sites excluding steroid dienone is 3. The third kappa shape index (κ3) is 3.59. The minimum Gasteiger partial charge on any atom is -0.0996 e. The van der Waals surface area contributed by atoms with E-state index in [4.69, 9.17) is 0 Å². The first-order valence-electron chi connectivity index (χ1n) is 13.0. The van der Waals surface area contributed by atoms with E-state index in [1.807, 2.05) is 5.57 Å². The molecule has 0 aromatic carbocycles. The summed E-state index contributed by atoms with van der Waals surface area (Å²) in [6.07, 6.45) is 17.1. The number of fused-ring (bicyclic) bond motifs is 5. The van der Waals surface area contributed by atoms with Crippen LogP contribution in [0.25, 0.3) is 0 Å². The van der Waals surface area contributed by atoms with Crippen molar-refractivity contribution in [2.75, 3.05) is 0 Å². The van der Waals surface area contributed by atoms with Gasteiger partial charge in [0.25, 0.3) is 0 Å². The van der Waals surface area contributed by atoms with E-state index in [0.717, 1.165) is 35.5 Å². The van der Waals surface area contributed by atoms with Gasteiger partial charge in [-0.05, 0) is 110 Å². The molecular weight excluding hydrogens is 348 g/mol.